The van der Waals surface area contributed by atoms with Gasteiger partial charge in [0.15, 0.2) is 5.54 Å². The number of hydrogen-bond acceptors (Lipinski definition) is 5. The number of carboxylic acids is 2. The lowest BCUT2D eigenvalue weighted by molar-refractivity contribution is -0.154. The fourth-order valence-corrected chi connectivity index (χ4v) is 5.51. The molecule has 1 aliphatic heterocycles. The molecule has 8 nitrogen and oxygen atoms in total. The maximum Gasteiger partial charge on any atom is 0.408 e. The van der Waals surface area contributed by atoms with Crippen LogP contribution in [0.4, 0.5) is 4.79 Å². The quantitative estimate of drug-likeness (QED) is 0.482. The summed E-state index contributed by atoms with van der Waals surface area (Å²) in [6.45, 7) is 8.61. The Balaban J connectivity index is 2.00. The number of rotatable bonds is 8. The molecule has 0 spiro atoms. The minimum absolute atomic E-state index is 0.166. The highest BCUT2D eigenvalue weighted by Gasteiger charge is 2.67. The molecule has 194 valence electrons. The van der Waals surface area contributed by atoms with Crippen LogP contribution in [0, 0.1) is 5.92 Å². The number of alkyl carbamates (subject to hydrolysis) is 1. The van der Waals surface area contributed by atoms with Crippen molar-refractivity contribution < 1.29 is 29.3 Å². The van der Waals surface area contributed by atoms with E-state index in [1.807, 2.05) is 54.6 Å². The summed E-state index contributed by atoms with van der Waals surface area (Å²) in [5.74, 6) is -3.27. The van der Waals surface area contributed by atoms with E-state index < -0.39 is 40.6 Å². The summed E-state index contributed by atoms with van der Waals surface area (Å²) >= 11 is 0. The number of carboxylic acid groups (broad SMARTS) is 2. The Morgan fingerprint density at radius 1 is 0.972 bits per heavy atom. The fourth-order valence-electron chi connectivity index (χ4n) is 5.51. The summed E-state index contributed by atoms with van der Waals surface area (Å²) in [6.07, 6.45) is -0.465. The van der Waals surface area contributed by atoms with Crippen LogP contribution in [0.1, 0.15) is 53.0 Å². The predicted molar refractivity (Wildman–Crippen MR) is 136 cm³/mol. The monoisotopic (exact) mass is 496 g/mol. The van der Waals surface area contributed by atoms with Gasteiger partial charge in [0.05, 0.1) is 0 Å². The number of amides is 1. The van der Waals surface area contributed by atoms with E-state index in [-0.39, 0.29) is 25.9 Å². The zero-order chi connectivity index (χ0) is 26.7. The van der Waals surface area contributed by atoms with Crippen molar-refractivity contribution in [3.8, 4) is 11.1 Å². The van der Waals surface area contributed by atoms with Crippen molar-refractivity contribution in [1.29, 1.82) is 0 Å². The van der Waals surface area contributed by atoms with E-state index in [9.17, 15) is 24.6 Å². The van der Waals surface area contributed by atoms with Crippen LogP contribution in [0.25, 0.3) is 11.1 Å². The lowest BCUT2D eigenvalue weighted by Crippen LogP contribution is -2.63. The van der Waals surface area contributed by atoms with Crippen LogP contribution >= 0.6 is 0 Å². The Kier molecular flexibility index (Phi) is 7.79. The van der Waals surface area contributed by atoms with Gasteiger partial charge >= 0.3 is 18.0 Å². The average molecular weight is 497 g/mol. The van der Waals surface area contributed by atoms with Crippen molar-refractivity contribution in [2.75, 3.05) is 6.54 Å². The van der Waals surface area contributed by atoms with Gasteiger partial charge in [-0.1, -0.05) is 68.4 Å². The summed E-state index contributed by atoms with van der Waals surface area (Å²) in [5, 5.41) is 23.4. The molecule has 0 aromatic heterocycles. The zero-order valence-electron chi connectivity index (χ0n) is 21.6. The highest BCUT2D eigenvalue weighted by atomic mass is 16.6. The average Bonchev–Trinajstić information content (AvgIpc) is 3.08. The van der Waals surface area contributed by atoms with Crippen LogP contribution in [0.5, 0.6) is 0 Å². The van der Waals surface area contributed by atoms with Gasteiger partial charge < -0.3 is 20.3 Å². The molecule has 36 heavy (non-hydrogen) atoms. The standard InChI is InChI=1S/C28H36N2O6/c1-6-22-27(23(31)32,29-25(35)36-26(3,4)5)18-30(28(22,7-2)24(33)34)17-19-13-15-21(16-14-19)20-11-9-8-10-12-20/h8-16,22H,6-7,17-18H2,1-5H3,(H,29,35)(H,31,32)(H,33,34)/t22?,27-,28+/m0/s1. The van der Waals surface area contributed by atoms with E-state index in [2.05, 4.69) is 5.32 Å². The van der Waals surface area contributed by atoms with Crippen molar-refractivity contribution in [3.63, 3.8) is 0 Å². The van der Waals surface area contributed by atoms with Crippen LogP contribution < -0.4 is 5.32 Å². The predicted octanol–water partition coefficient (Wildman–Crippen LogP) is 4.78. The van der Waals surface area contributed by atoms with Crippen molar-refractivity contribution in [2.24, 2.45) is 5.92 Å². The molecule has 0 saturated carbocycles. The van der Waals surface area contributed by atoms with E-state index in [0.717, 1.165) is 16.7 Å². The molecule has 3 atom stereocenters. The molecule has 3 rings (SSSR count). The number of likely N-dealkylation sites (tertiary alicyclic amines) is 1. The van der Waals surface area contributed by atoms with Crippen LogP contribution in [0.15, 0.2) is 54.6 Å². The summed E-state index contributed by atoms with van der Waals surface area (Å²) in [5.41, 5.74) is -1.20. The third-order valence-corrected chi connectivity index (χ3v) is 7.03. The third-order valence-electron chi connectivity index (χ3n) is 7.03. The minimum atomic E-state index is -1.82. The Bertz CT molecular complexity index is 1100. The second-order valence-corrected chi connectivity index (χ2v) is 10.4. The maximum atomic E-state index is 12.8. The Morgan fingerprint density at radius 2 is 1.56 bits per heavy atom. The fraction of sp³-hybridized carbons (Fsp3) is 0.464. The van der Waals surface area contributed by atoms with Crippen molar-refractivity contribution in [3.05, 3.63) is 60.2 Å². The second kappa shape index (κ2) is 10.3. The first kappa shape index (κ1) is 27.2. The summed E-state index contributed by atoms with van der Waals surface area (Å²) in [7, 11) is 0. The summed E-state index contributed by atoms with van der Waals surface area (Å²) in [6, 6.07) is 17.7. The first-order valence-corrected chi connectivity index (χ1v) is 12.3. The Labute approximate surface area is 212 Å². The normalized spacial score (nSPS) is 24.3. The van der Waals surface area contributed by atoms with Gasteiger partial charge in [0, 0.05) is 19.0 Å². The molecule has 1 heterocycles. The molecule has 1 amide bonds. The maximum absolute atomic E-state index is 12.8. The van der Waals surface area contributed by atoms with Crippen LogP contribution in [-0.4, -0.2) is 56.4 Å². The Hall–Kier alpha value is -3.39. The SMILES string of the molecule is CCC1[C@](CC)(C(=O)O)N(Cc2ccc(-c3ccccc3)cc2)C[C@@]1(NC(=O)OC(C)(C)C)C(=O)O. The molecule has 0 aliphatic carbocycles. The number of carbonyl (C=O) groups is 3. The smallest absolute Gasteiger partial charge is 0.408 e. The Morgan fingerprint density at radius 3 is 2.03 bits per heavy atom. The van der Waals surface area contributed by atoms with E-state index >= 15 is 0 Å². The molecular weight excluding hydrogens is 460 g/mol. The highest BCUT2D eigenvalue weighted by Crippen LogP contribution is 2.47. The molecule has 1 unspecified atom stereocenters. The van der Waals surface area contributed by atoms with E-state index in [4.69, 9.17) is 4.74 Å². The lowest BCUT2D eigenvalue weighted by atomic mass is 9.72. The van der Waals surface area contributed by atoms with Gasteiger partial charge in [0.1, 0.15) is 11.1 Å². The molecule has 0 bridgehead atoms. The topological polar surface area (TPSA) is 116 Å². The number of hydrogen-bond donors (Lipinski definition) is 3. The van der Waals surface area contributed by atoms with Crippen LogP contribution in [0.2, 0.25) is 0 Å². The van der Waals surface area contributed by atoms with E-state index in [0.29, 0.717) is 0 Å². The first-order valence-electron chi connectivity index (χ1n) is 12.3. The number of benzene rings is 2. The van der Waals surface area contributed by atoms with Crippen LogP contribution in [-0.2, 0) is 20.9 Å². The van der Waals surface area contributed by atoms with E-state index in [1.165, 1.54) is 0 Å². The number of carbonyl (C=O) groups excluding carboxylic acids is 1. The van der Waals surface area contributed by atoms with Crippen molar-refractivity contribution in [2.45, 2.75) is 70.7 Å². The minimum Gasteiger partial charge on any atom is -0.480 e. The van der Waals surface area contributed by atoms with Gasteiger partial charge in [-0.25, -0.2) is 9.59 Å². The van der Waals surface area contributed by atoms with Crippen molar-refractivity contribution in [1.82, 2.24) is 10.2 Å². The van der Waals surface area contributed by atoms with Gasteiger partial charge in [0.25, 0.3) is 0 Å². The third kappa shape index (κ3) is 5.09. The first-order chi connectivity index (χ1) is 16.9. The molecule has 2 aromatic carbocycles. The number of nitrogens with zero attached hydrogens (tertiary/aromatic N) is 1. The largest absolute Gasteiger partial charge is 0.480 e. The molecule has 3 N–H and O–H groups in total. The van der Waals surface area contributed by atoms with Gasteiger partial charge in [-0.05, 0) is 50.3 Å². The highest BCUT2D eigenvalue weighted by molar-refractivity contribution is 5.90. The number of nitrogens with one attached hydrogen (secondary N) is 1. The number of ether oxygens (including phenoxy) is 1. The van der Waals surface area contributed by atoms with Gasteiger partial charge in [-0.15, -0.1) is 0 Å². The summed E-state index contributed by atoms with van der Waals surface area (Å²) in [4.78, 5) is 40.0. The molecule has 1 saturated heterocycles. The second-order valence-electron chi connectivity index (χ2n) is 10.4. The molecule has 1 aliphatic rings. The van der Waals surface area contributed by atoms with Gasteiger partial charge in [-0.2, -0.15) is 0 Å². The lowest BCUT2D eigenvalue weighted by Gasteiger charge is -2.39. The van der Waals surface area contributed by atoms with Gasteiger partial charge in [-0.3, -0.25) is 9.69 Å². The molecular formula is C28H36N2O6. The molecule has 2 aromatic rings. The van der Waals surface area contributed by atoms with Gasteiger partial charge in [0.2, 0.25) is 0 Å². The summed E-state index contributed by atoms with van der Waals surface area (Å²) < 4.78 is 5.36. The molecule has 8 heteroatoms. The van der Waals surface area contributed by atoms with Crippen molar-refractivity contribution >= 4 is 18.0 Å². The molecule has 0 radical (unpaired) electrons. The molecule has 1 fully saturated rings. The van der Waals surface area contributed by atoms with Crippen LogP contribution in [0.3, 0.4) is 0 Å². The number of aliphatic carboxylic acids is 2. The zero-order valence-corrected chi connectivity index (χ0v) is 21.6. The van der Waals surface area contributed by atoms with E-state index in [1.54, 1.807) is 39.5 Å².